The third-order valence-electron chi connectivity index (χ3n) is 3.45. The molecule has 1 aromatic heterocycles. The number of ether oxygens (including phenoxy) is 1. The van der Waals surface area contributed by atoms with Crippen molar-refractivity contribution in [1.82, 2.24) is 15.2 Å². The predicted molar refractivity (Wildman–Crippen MR) is 105 cm³/mol. The zero-order valence-corrected chi connectivity index (χ0v) is 16.5. The van der Waals surface area contributed by atoms with Gasteiger partial charge in [0.1, 0.15) is 5.60 Å². The summed E-state index contributed by atoms with van der Waals surface area (Å²) in [6.07, 6.45) is 6.01. The number of nitrogens with two attached hydrogens (primary N) is 1. The van der Waals surface area contributed by atoms with Gasteiger partial charge in [-0.2, -0.15) is 0 Å². The van der Waals surface area contributed by atoms with Crippen LogP contribution in [0, 0.1) is 0 Å². The Morgan fingerprint density at radius 3 is 2.77 bits per heavy atom. The van der Waals surface area contributed by atoms with E-state index in [0.717, 1.165) is 24.9 Å². The van der Waals surface area contributed by atoms with E-state index in [2.05, 4.69) is 22.2 Å². The third-order valence-corrected chi connectivity index (χ3v) is 3.45. The fraction of sp³-hybridized carbons (Fsp3) is 0.632. The normalized spacial score (nSPS) is 11.9. The second-order valence-electron chi connectivity index (χ2n) is 7.16. The zero-order chi connectivity index (χ0) is 19.4. The van der Waals surface area contributed by atoms with Crippen LogP contribution >= 0.6 is 0 Å². The van der Waals surface area contributed by atoms with Crippen LogP contribution in [-0.4, -0.2) is 47.2 Å². The highest BCUT2D eigenvalue weighted by Gasteiger charge is 2.22. The minimum Gasteiger partial charge on any atom is -0.444 e. The molecule has 7 nitrogen and oxygen atoms in total. The number of amides is 1. The summed E-state index contributed by atoms with van der Waals surface area (Å²) in [5.74, 6) is 0.453. The van der Waals surface area contributed by atoms with E-state index in [9.17, 15) is 4.79 Å². The van der Waals surface area contributed by atoms with Gasteiger partial charge >= 0.3 is 6.09 Å². The van der Waals surface area contributed by atoms with Crippen molar-refractivity contribution in [2.24, 2.45) is 10.7 Å². The third kappa shape index (κ3) is 9.86. The molecular formula is C19H33N5O2. The number of rotatable bonds is 9. The average molecular weight is 364 g/mol. The van der Waals surface area contributed by atoms with Crippen LogP contribution in [0.3, 0.4) is 0 Å². The van der Waals surface area contributed by atoms with Gasteiger partial charge < -0.3 is 20.7 Å². The Morgan fingerprint density at radius 1 is 1.38 bits per heavy atom. The van der Waals surface area contributed by atoms with Gasteiger partial charge in [0.25, 0.3) is 0 Å². The van der Waals surface area contributed by atoms with E-state index in [1.165, 1.54) is 0 Å². The number of aromatic nitrogens is 1. The molecule has 0 aliphatic rings. The van der Waals surface area contributed by atoms with E-state index in [1.807, 2.05) is 32.9 Å². The summed E-state index contributed by atoms with van der Waals surface area (Å²) in [5.41, 5.74) is 6.25. The van der Waals surface area contributed by atoms with Crippen LogP contribution in [0.25, 0.3) is 0 Å². The van der Waals surface area contributed by atoms with Gasteiger partial charge in [0, 0.05) is 32.0 Å². The van der Waals surface area contributed by atoms with Crippen molar-refractivity contribution >= 4 is 12.1 Å². The maximum absolute atomic E-state index is 12.5. The highest BCUT2D eigenvalue weighted by molar-refractivity contribution is 5.77. The molecule has 1 heterocycles. The SMILES string of the molecule is CCCCNC(N)=NCCCN(Cc1cccnc1)C(=O)OC(C)(C)C. The highest BCUT2D eigenvalue weighted by Crippen LogP contribution is 2.12. The molecule has 26 heavy (non-hydrogen) atoms. The number of guanidine groups is 1. The number of unbranched alkanes of at least 4 members (excludes halogenated alkanes) is 1. The van der Waals surface area contributed by atoms with E-state index < -0.39 is 5.60 Å². The summed E-state index contributed by atoms with van der Waals surface area (Å²) in [5, 5.41) is 3.08. The molecule has 0 saturated carbocycles. The molecule has 1 aromatic rings. The summed E-state index contributed by atoms with van der Waals surface area (Å²) < 4.78 is 5.51. The lowest BCUT2D eigenvalue weighted by molar-refractivity contribution is 0.0232. The number of nitrogens with one attached hydrogen (secondary N) is 1. The fourth-order valence-corrected chi connectivity index (χ4v) is 2.18. The summed E-state index contributed by atoms with van der Waals surface area (Å²) in [6, 6.07) is 3.80. The van der Waals surface area contributed by atoms with Gasteiger partial charge in [-0.1, -0.05) is 19.4 Å². The van der Waals surface area contributed by atoms with Crippen LogP contribution in [0.1, 0.15) is 52.5 Å². The first-order valence-corrected chi connectivity index (χ1v) is 9.22. The molecular weight excluding hydrogens is 330 g/mol. The molecule has 0 bridgehead atoms. The van der Waals surface area contributed by atoms with Crippen LogP contribution in [0.5, 0.6) is 0 Å². The fourth-order valence-electron chi connectivity index (χ4n) is 2.18. The second-order valence-corrected chi connectivity index (χ2v) is 7.16. The van der Waals surface area contributed by atoms with Crippen LogP contribution < -0.4 is 11.1 Å². The van der Waals surface area contributed by atoms with Crippen molar-refractivity contribution in [3.8, 4) is 0 Å². The lowest BCUT2D eigenvalue weighted by Crippen LogP contribution is -2.37. The molecule has 0 atom stereocenters. The number of pyridine rings is 1. The number of hydrogen-bond acceptors (Lipinski definition) is 4. The first-order chi connectivity index (χ1) is 12.3. The molecule has 0 radical (unpaired) electrons. The van der Waals surface area contributed by atoms with E-state index in [0.29, 0.717) is 32.0 Å². The van der Waals surface area contributed by atoms with E-state index >= 15 is 0 Å². The lowest BCUT2D eigenvalue weighted by Gasteiger charge is -2.27. The smallest absolute Gasteiger partial charge is 0.410 e. The standard InChI is InChI=1S/C19H33N5O2/c1-5-6-11-22-17(20)23-12-8-13-24(18(25)26-19(2,3)4)15-16-9-7-10-21-14-16/h7,9-10,14H,5-6,8,11-13,15H2,1-4H3,(H3,20,22,23). The largest absolute Gasteiger partial charge is 0.444 e. The zero-order valence-electron chi connectivity index (χ0n) is 16.5. The minimum absolute atomic E-state index is 0.334. The average Bonchev–Trinajstić information content (AvgIpc) is 2.57. The van der Waals surface area contributed by atoms with Crippen molar-refractivity contribution in [3.05, 3.63) is 30.1 Å². The van der Waals surface area contributed by atoms with Crippen LogP contribution in [0.2, 0.25) is 0 Å². The summed E-state index contributed by atoms with van der Waals surface area (Å²) in [6.45, 7) is 10.1. The molecule has 0 fully saturated rings. The molecule has 0 aliphatic carbocycles. The van der Waals surface area contributed by atoms with Gasteiger partial charge in [0.2, 0.25) is 0 Å². The number of aliphatic imine (C=N–C) groups is 1. The Kier molecular flexibility index (Phi) is 9.47. The predicted octanol–water partition coefficient (Wildman–Crippen LogP) is 2.91. The number of nitrogens with zero attached hydrogens (tertiary/aromatic N) is 3. The van der Waals surface area contributed by atoms with Gasteiger partial charge in [0.05, 0.1) is 6.54 Å². The second kappa shape index (κ2) is 11.3. The first kappa shape index (κ1) is 21.7. The molecule has 0 spiro atoms. The van der Waals surface area contributed by atoms with Crippen LogP contribution in [0.15, 0.2) is 29.5 Å². The van der Waals surface area contributed by atoms with Crippen LogP contribution in [0.4, 0.5) is 4.79 Å². The van der Waals surface area contributed by atoms with Crippen molar-refractivity contribution in [3.63, 3.8) is 0 Å². The molecule has 7 heteroatoms. The topological polar surface area (TPSA) is 92.8 Å². The molecule has 0 aliphatic heterocycles. The quantitative estimate of drug-likeness (QED) is 0.400. The van der Waals surface area contributed by atoms with Gasteiger partial charge in [0.15, 0.2) is 5.96 Å². The number of hydrogen-bond donors (Lipinski definition) is 2. The van der Waals surface area contributed by atoms with Gasteiger partial charge in [-0.25, -0.2) is 4.79 Å². The van der Waals surface area contributed by atoms with Gasteiger partial charge in [-0.15, -0.1) is 0 Å². The number of carbonyl (C=O) groups excluding carboxylic acids is 1. The molecule has 1 amide bonds. The monoisotopic (exact) mass is 363 g/mol. The summed E-state index contributed by atoms with van der Waals surface area (Å²) in [7, 11) is 0. The van der Waals surface area contributed by atoms with Gasteiger partial charge in [-0.05, 0) is 45.2 Å². The number of carbonyl (C=O) groups is 1. The van der Waals surface area contributed by atoms with E-state index in [1.54, 1.807) is 17.3 Å². The van der Waals surface area contributed by atoms with Crippen molar-refractivity contribution in [1.29, 1.82) is 0 Å². The van der Waals surface area contributed by atoms with Crippen molar-refractivity contribution < 1.29 is 9.53 Å². The van der Waals surface area contributed by atoms with Crippen molar-refractivity contribution in [2.45, 2.75) is 59.1 Å². The summed E-state index contributed by atoms with van der Waals surface area (Å²) in [4.78, 5) is 22.6. The lowest BCUT2D eigenvalue weighted by atomic mass is 10.2. The molecule has 1 rings (SSSR count). The Morgan fingerprint density at radius 2 is 2.15 bits per heavy atom. The highest BCUT2D eigenvalue weighted by atomic mass is 16.6. The Labute approximate surface area is 157 Å². The molecule has 0 saturated heterocycles. The Bertz CT molecular complexity index is 555. The Hall–Kier alpha value is -2.31. The molecule has 146 valence electrons. The van der Waals surface area contributed by atoms with Crippen molar-refractivity contribution in [2.75, 3.05) is 19.6 Å². The van der Waals surface area contributed by atoms with E-state index in [-0.39, 0.29) is 6.09 Å². The molecule has 3 N–H and O–H groups in total. The maximum Gasteiger partial charge on any atom is 0.410 e. The molecule has 0 aromatic carbocycles. The Balaban J connectivity index is 2.56. The first-order valence-electron chi connectivity index (χ1n) is 9.22. The molecule has 0 unspecified atom stereocenters. The summed E-state index contributed by atoms with van der Waals surface area (Å²) >= 11 is 0. The van der Waals surface area contributed by atoms with Crippen LogP contribution in [-0.2, 0) is 11.3 Å². The maximum atomic E-state index is 12.5. The van der Waals surface area contributed by atoms with E-state index in [4.69, 9.17) is 10.5 Å². The minimum atomic E-state index is -0.532. The van der Waals surface area contributed by atoms with Gasteiger partial charge in [-0.3, -0.25) is 9.98 Å².